The number of aryl methyl sites for hydroxylation is 1. The standard InChI is InChI=1S/C19H19NO/c1-4-19(3)13-15-7-5-6-8-17(15)18(21)20(19)16-11-9-14(2)10-12-16/h4-12H,1,13H2,2-3H3. The van der Waals surface area contributed by atoms with Crippen molar-refractivity contribution in [1.82, 2.24) is 0 Å². The molecule has 106 valence electrons. The maximum absolute atomic E-state index is 13.0. The van der Waals surface area contributed by atoms with Gasteiger partial charge in [0.1, 0.15) is 0 Å². The smallest absolute Gasteiger partial charge is 0.259 e. The van der Waals surface area contributed by atoms with Crippen molar-refractivity contribution in [2.45, 2.75) is 25.8 Å². The first kappa shape index (κ1) is 13.6. The summed E-state index contributed by atoms with van der Waals surface area (Å²) in [6.07, 6.45) is 2.66. The highest BCUT2D eigenvalue weighted by Gasteiger charge is 2.40. The quantitative estimate of drug-likeness (QED) is 0.755. The first-order valence-electron chi connectivity index (χ1n) is 7.18. The molecule has 1 aliphatic heterocycles. The van der Waals surface area contributed by atoms with Gasteiger partial charge in [-0.25, -0.2) is 0 Å². The summed E-state index contributed by atoms with van der Waals surface area (Å²) >= 11 is 0. The average molecular weight is 277 g/mol. The Hall–Kier alpha value is -2.35. The predicted octanol–water partition coefficient (Wildman–Crippen LogP) is 4.14. The van der Waals surface area contributed by atoms with Gasteiger partial charge in [0.15, 0.2) is 0 Å². The van der Waals surface area contributed by atoms with E-state index >= 15 is 0 Å². The minimum Gasteiger partial charge on any atom is -0.299 e. The number of hydrogen-bond acceptors (Lipinski definition) is 1. The molecule has 0 saturated heterocycles. The van der Waals surface area contributed by atoms with E-state index in [4.69, 9.17) is 0 Å². The lowest BCUT2D eigenvalue weighted by Gasteiger charge is -2.43. The Labute approximate surface area is 125 Å². The van der Waals surface area contributed by atoms with Gasteiger partial charge in [0.2, 0.25) is 0 Å². The SMILES string of the molecule is C=CC1(C)Cc2ccccc2C(=O)N1c1ccc(C)cc1. The first-order chi connectivity index (χ1) is 10.0. The van der Waals surface area contributed by atoms with E-state index in [0.717, 1.165) is 23.2 Å². The van der Waals surface area contributed by atoms with Crippen molar-refractivity contribution in [1.29, 1.82) is 0 Å². The van der Waals surface area contributed by atoms with Crippen molar-refractivity contribution in [3.05, 3.63) is 77.9 Å². The van der Waals surface area contributed by atoms with Crippen LogP contribution in [0.5, 0.6) is 0 Å². The van der Waals surface area contributed by atoms with Crippen LogP contribution < -0.4 is 4.90 Å². The molecule has 2 aromatic carbocycles. The highest BCUT2D eigenvalue weighted by molar-refractivity contribution is 6.09. The predicted molar refractivity (Wildman–Crippen MR) is 86.7 cm³/mol. The van der Waals surface area contributed by atoms with Gasteiger partial charge in [-0.3, -0.25) is 9.69 Å². The number of nitrogens with zero attached hydrogens (tertiary/aromatic N) is 1. The summed E-state index contributed by atoms with van der Waals surface area (Å²) in [5.41, 5.74) is 3.58. The van der Waals surface area contributed by atoms with Gasteiger partial charge in [0.25, 0.3) is 5.91 Å². The van der Waals surface area contributed by atoms with E-state index in [1.54, 1.807) is 0 Å². The van der Waals surface area contributed by atoms with E-state index in [2.05, 4.69) is 13.5 Å². The summed E-state index contributed by atoms with van der Waals surface area (Å²) < 4.78 is 0. The average Bonchev–Trinajstić information content (AvgIpc) is 2.49. The van der Waals surface area contributed by atoms with Crippen LogP contribution in [0.25, 0.3) is 0 Å². The molecule has 0 saturated carbocycles. The minimum atomic E-state index is -0.402. The van der Waals surface area contributed by atoms with Gasteiger partial charge in [0, 0.05) is 17.7 Å². The van der Waals surface area contributed by atoms with Crippen LogP contribution in [0, 0.1) is 6.92 Å². The van der Waals surface area contributed by atoms with Gasteiger partial charge in [-0.15, -0.1) is 6.58 Å². The van der Waals surface area contributed by atoms with Crippen LogP contribution >= 0.6 is 0 Å². The van der Waals surface area contributed by atoms with Crippen LogP contribution in [0.2, 0.25) is 0 Å². The number of rotatable bonds is 2. The number of fused-ring (bicyclic) bond motifs is 1. The molecule has 1 aliphatic rings. The zero-order chi connectivity index (χ0) is 15.0. The maximum atomic E-state index is 13.0. The molecular formula is C19H19NO. The molecule has 1 atom stereocenters. The number of hydrogen-bond donors (Lipinski definition) is 0. The fourth-order valence-electron chi connectivity index (χ4n) is 2.97. The van der Waals surface area contributed by atoms with Gasteiger partial charge in [0.05, 0.1) is 5.54 Å². The van der Waals surface area contributed by atoms with Crippen molar-refractivity contribution < 1.29 is 4.79 Å². The molecule has 3 rings (SSSR count). The highest BCUT2D eigenvalue weighted by atomic mass is 16.2. The normalized spacial score (nSPS) is 21.0. The second-order valence-electron chi connectivity index (χ2n) is 5.87. The third kappa shape index (κ3) is 2.17. The van der Waals surface area contributed by atoms with Crippen LogP contribution in [-0.4, -0.2) is 11.4 Å². The lowest BCUT2D eigenvalue weighted by molar-refractivity contribution is 0.0956. The highest BCUT2D eigenvalue weighted by Crippen LogP contribution is 2.35. The van der Waals surface area contributed by atoms with Gasteiger partial charge >= 0.3 is 0 Å². The monoisotopic (exact) mass is 277 g/mol. The summed E-state index contributed by atoms with van der Waals surface area (Å²) in [5, 5.41) is 0. The first-order valence-corrected chi connectivity index (χ1v) is 7.18. The Morgan fingerprint density at radius 3 is 2.48 bits per heavy atom. The van der Waals surface area contributed by atoms with Gasteiger partial charge in [-0.2, -0.15) is 0 Å². The molecule has 1 heterocycles. The number of benzene rings is 2. The molecule has 0 radical (unpaired) electrons. The molecule has 1 amide bonds. The summed E-state index contributed by atoms with van der Waals surface area (Å²) in [6, 6.07) is 15.9. The van der Waals surface area contributed by atoms with E-state index in [1.165, 1.54) is 5.56 Å². The van der Waals surface area contributed by atoms with Gasteiger partial charge in [-0.1, -0.05) is 42.0 Å². The molecule has 1 unspecified atom stereocenters. The Bertz CT molecular complexity index is 702. The van der Waals surface area contributed by atoms with E-state index in [-0.39, 0.29) is 5.91 Å². The minimum absolute atomic E-state index is 0.0445. The van der Waals surface area contributed by atoms with E-state index in [0.29, 0.717) is 0 Å². The number of carbonyl (C=O) groups is 1. The number of amides is 1. The zero-order valence-electron chi connectivity index (χ0n) is 12.5. The summed E-state index contributed by atoms with van der Waals surface area (Å²) in [4.78, 5) is 14.8. The molecule has 2 heteroatoms. The Balaban J connectivity index is 2.15. The maximum Gasteiger partial charge on any atom is 0.259 e. The molecule has 2 aromatic rings. The van der Waals surface area contributed by atoms with Crippen molar-refractivity contribution in [3.63, 3.8) is 0 Å². The third-order valence-corrected chi connectivity index (χ3v) is 4.24. The molecular weight excluding hydrogens is 258 g/mol. The van der Waals surface area contributed by atoms with E-state index in [1.807, 2.05) is 66.4 Å². The summed E-state index contributed by atoms with van der Waals surface area (Å²) in [5.74, 6) is 0.0445. The van der Waals surface area contributed by atoms with Crippen LogP contribution in [0.3, 0.4) is 0 Å². The van der Waals surface area contributed by atoms with Crippen molar-refractivity contribution in [3.8, 4) is 0 Å². The lowest BCUT2D eigenvalue weighted by Crippen LogP contribution is -2.53. The molecule has 2 nitrogen and oxygen atoms in total. The Morgan fingerprint density at radius 1 is 1.14 bits per heavy atom. The summed E-state index contributed by atoms with van der Waals surface area (Å²) in [7, 11) is 0. The fraction of sp³-hybridized carbons (Fsp3) is 0.211. The molecule has 0 fully saturated rings. The van der Waals surface area contributed by atoms with E-state index < -0.39 is 5.54 Å². The van der Waals surface area contributed by atoms with Crippen LogP contribution in [0.4, 0.5) is 5.69 Å². The molecule has 0 N–H and O–H groups in total. The largest absolute Gasteiger partial charge is 0.299 e. The molecule has 0 spiro atoms. The van der Waals surface area contributed by atoms with Crippen molar-refractivity contribution in [2.75, 3.05) is 4.90 Å². The van der Waals surface area contributed by atoms with Crippen molar-refractivity contribution in [2.24, 2.45) is 0 Å². The van der Waals surface area contributed by atoms with E-state index in [9.17, 15) is 4.79 Å². The molecule has 0 aromatic heterocycles. The molecule has 0 aliphatic carbocycles. The second kappa shape index (κ2) is 4.88. The topological polar surface area (TPSA) is 20.3 Å². The van der Waals surface area contributed by atoms with Crippen LogP contribution in [-0.2, 0) is 6.42 Å². The lowest BCUT2D eigenvalue weighted by atomic mass is 9.83. The third-order valence-electron chi connectivity index (χ3n) is 4.24. The van der Waals surface area contributed by atoms with Gasteiger partial charge in [-0.05, 0) is 37.6 Å². The summed E-state index contributed by atoms with van der Waals surface area (Å²) in [6.45, 7) is 8.07. The second-order valence-corrected chi connectivity index (χ2v) is 5.87. The number of anilines is 1. The van der Waals surface area contributed by atoms with Crippen LogP contribution in [0.15, 0.2) is 61.2 Å². The Morgan fingerprint density at radius 2 is 1.81 bits per heavy atom. The van der Waals surface area contributed by atoms with Crippen LogP contribution in [0.1, 0.15) is 28.4 Å². The molecule has 21 heavy (non-hydrogen) atoms. The zero-order valence-corrected chi connectivity index (χ0v) is 12.5. The van der Waals surface area contributed by atoms with Gasteiger partial charge < -0.3 is 0 Å². The Kier molecular flexibility index (Phi) is 3.17. The van der Waals surface area contributed by atoms with Crippen molar-refractivity contribution >= 4 is 11.6 Å². The number of carbonyl (C=O) groups excluding carboxylic acids is 1. The fourth-order valence-corrected chi connectivity index (χ4v) is 2.97. The molecule has 0 bridgehead atoms.